The van der Waals surface area contributed by atoms with Gasteiger partial charge in [-0.05, 0) is 55.3 Å². The second-order valence-corrected chi connectivity index (χ2v) is 7.41. The number of rotatable bonds is 4. The number of fused-ring (bicyclic) bond motifs is 1. The molecule has 5 nitrogen and oxygen atoms in total. The van der Waals surface area contributed by atoms with Gasteiger partial charge in [-0.15, -0.1) is 0 Å². The number of carbonyl (C=O) groups excluding carboxylic acids is 2. The quantitative estimate of drug-likeness (QED) is 0.662. The van der Waals surface area contributed by atoms with Gasteiger partial charge in [-0.2, -0.15) is 0 Å². The van der Waals surface area contributed by atoms with Crippen molar-refractivity contribution in [1.82, 2.24) is 10.3 Å². The molecule has 4 rings (SSSR count). The number of hydrogen-bond acceptors (Lipinski definition) is 4. The number of halogens is 1. The predicted molar refractivity (Wildman–Crippen MR) is 110 cm³/mol. The molecular weight excluding hydrogens is 383 g/mol. The molecule has 0 fully saturated rings. The SMILES string of the molecule is CC(=O)c1ccc(C(=O)N[C@]2(c3ccc(C)c(F)c3)CCOc3cccnc32)cc1. The summed E-state index contributed by atoms with van der Waals surface area (Å²) < 4.78 is 20.2. The number of benzene rings is 2. The van der Waals surface area contributed by atoms with Gasteiger partial charge in [0, 0.05) is 23.7 Å². The van der Waals surface area contributed by atoms with Crippen LogP contribution in [0.1, 0.15) is 50.9 Å². The molecule has 0 aliphatic carbocycles. The Balaban J connectivity index is 1.80. The number of nitrogens with one attached hydrogen (secondary N) is 1. The zero-order chi connectivity index (χ0) is 21.3. The van der Waals surface area contributed by atoms with Crippen LogP contribution in [0.4, 0.5) is 4.39 Å². The first-order chi connectivity index (χ1) is 14.4. The van der Waals surface area contributed by atoms with Crippen LogP contribution in [0.3, 0.4) is 0 Å². The molecule has 1 aliphatic rings. The Labute approximate surface area is 173 Å². The molecule has 2 aromatic carbocycles. The van der Waals surface area contributed by atoms with Crippen molar-refractivity contribution < 1.29 is 18.7 Å². The summed E-state index contributed by atoms with van der Waals surface area (Å²) in [5, 5.41) is 3.08. The Kier molecular flexibility index (Phi) is 5.08. The molecule has 1 N–H and O–H groups in total. The number of aromatic nitrogens is 1. The van der Waals surface area contributed by atoms with Gasteiger partial charge in [0.1, 0.15) is 22.8 Å². The van der Waals surface area contributed by atoms with E-state index in [1.165, 1.54) is 13.0 Å². The molecule has 1 aliphatic heterocycles. The normalized spacial score (nSPS) is 17.6. The first-order valence-corrected chi connectivity index (χ1v) is 9.69. The van der Waals surface area contributed by atoms with Crippen molar-refractivity contribution in [3.63, 3.8) is 0 Å². The van der Waals surface area contributed by atoms with Crippen LogP contribution in [0.2, 0.25) is 0 Å². The second-order valence-electron chi connectivity index (χ2n) is 7.41. The Morgan fingerprint density at radius 2 is 1.83 bits per heavy atom. The third-order valence-corrected chi connectivity index (χ3v) is 5.45. The van der Waals surface area contributed by atoms with Crippen LogP contribution >= 0.6 is 0 Å². The van der Waals surface area contributed by atoms with Crippen molar-refractivity contribution in [2.24, 2.45) is 0 Å². The third-order valence-electron chi connectivity index (χ3n) is 5.45. The van der Waals surface area contributed by atoms with Gasteiger partial charge in [0.2, 0.25) is 0 Å². The average molecular weight is 404 g/mol. The van der Waals surface area contributed by atoms with Crippen LogP contribution in [0.15, 0.2) is 60.8 Å². The van der Waals surface area contributed by atoms with Crippen molar-refractivity contribution in [2.45, 2.75) is 25.8 Å². The maximum absolute atomic E-state index is 14.5. The Morgan fingerprint density at radius 3 is 2.53 bits per heavy atom. The number of ketones is 1. The van der Waals surface area contributed by atoms with Gasteiger partial charge in [0.25, 0.3) is 5.91 Å². The molecule has 0 saturated carbocycles. The molecule has 30 heavy (non-hydrogen) atoms. The van der Waals surface area contributed by atoms with E-state index in [4.69, 9.17) is 4.74 Å². The van der Waals surface area contributed by atoms with E-state index in [9.17, 15) is 14.0 Å². The lowest BCUT2D eigenvalue weighted by Gasteiger charge is -2.39. The molecular formula is C24H21FN2O3. The van der Waals surface area contributed by atoms with Gasteiger partial charge in [-0.3, -0.25) is 14.6 Å². The summed E-state index contributed by atoms with van der Waals surface area (Å²) in [4.78, 5) is 29.2. The fraction of sp³-hybridized carbons (Fsp3) is 0.208. The van der Waals surface area contributed by atoms with Crippen molar-refractivity contribution in [3.05, 3.63) is 94.6 Å². The standard InChI is InChI=1S/C24H21FN2O3/c1-15-5-10-19(14-20(15)25)24(11-13-30-21-4-3-12-26-22(21)24)27-23(29)18-8-6-17(7-9-18)16(2)28/h3-10,12,14H,11,13H2,1-2H3,(H,27,29)/t24-/m0/s1. The van der Waals surface area contributed by atoms with Crippen molar-refractivity contribution in [3.8, 4) is 5.75 Å². The molecule has 2 heterocycles. The first-order valence-electron chi connectivity index (χ1n) is 9.69. The number of ether oxygens (including phenoxy) is 1. The molecule has 1 amide bonds. The van der Waals surface area contributed by atoms with E-state index in [1.54, 1.807) is 61.7 Å². The summed E-state index contributed by atoms with van der Waals surface area (Å²) in [5.74, 6) is -0.214. The number of Topliss-reactive ketones (excluding diaryl/α,β-unsaturated/α-hetero) is 1. The molecule has 1 atom stereocenters. The lowest BCUT2D eigenvalue weighted by molar-refractivity contribution is 0.0882. The van der Waals surface area contributed by atoms with E-state index >= 15 is 0 Å². The summed E-state index contributed by atoms with van der Waals surface area (Å²) in [6.45, 7) is 3.51. The fourth-order valence-electron chi connectivity index (χ4n) is 3.72. The van der Waals surface area contributed by atoms with Gasteiger partial charge < -0.3 is 10.1 Å². The lowest BCUT2D eigenvalue weighted by Crippen LogP contribution is -2.50. The highest BCUT2D eigenvalue weighted by Gasteiger charge is 2.42. The van der Waals surface area contributed by atoms with Crippen LogP contribution in [0.5, 0.6) is 5.75 Å². The van der Waals surface area contributed by atoms with Crippen molar-refractivity contribution in [2.75, 3.05) is 6.61 Å². The molecule has 0 unspecified atom stereocenters. The van der Waals surface area contributed by atoms with Crippen LogP contribution in [-0.4, -0.2) is 23.3 Å². The molecule has 152 valence electrons. The van der Waals surface area contributed by atoms with E-state index in [0.29, 0.717) is 46.7 Å². The highest BCUT2D eigenvalue weighted by Crippen LogP contribution is 2.41. The van der Waals surface area contributed by atoms with E-state index in [-0.39, 0.29) is 17.5 Å². The number of amides is 1. The fourth-order valence-corrected chi connectivity index (χ4v) is 3.72. The summed E-state index contributed by atoms with van der Waals surface area (Å²) in [6.07, 6.45) is 2.03. The second kappa shape index (κ2) is 7.71. The van der Waals surface area contributed by atoms with Gasteiger partial charge in [-0.25, -0.2) is 4.39 Å². The number of nitrogens with zero attached hydrogens (tertiary/aromatic N) is 1. The molecule has 0 saturated heterocycles. The summed E-state index contributed by atoms with van der Waals surface area (Å²) in [6, 6.07) is 14.9. The van der Waals surface area contributed by atoms with E-state index < -0.39 is 5.54 Å². The highest BCUT2D eigenvalue weighted by atomic mass is 19.1. The van der Waals surface area contributed by atoms with E-state index in [0.717, 1.165) is 0 Å². The van der Waals surface area contributed by atoms with E-state index in [2.05, 4.69) is 10.3 Å². The topological polar surface area (TPSA) is 68.3 Å². The Bertz CT molecular complexity index is 1130. The Morgan fingerprint density at radius 1 is 1.10 bits per heavy atom. The minimum Gasteiger partial charge on any atom is -0.491 e. The third kappa shape index (κ3) is 3.45. The maximum Gasteiger partial charge on any atom is 0.252 e. The van der Waals surface area contributed by atoms with Gasteiger partial charge in [0.05, 0.1) is 6.61 Å². The van der Waals surface area contributed by atoms with Crippen LogP contribution in [0, 0.1) is 12.7 Å². The minimum absolute atomic E-state index is 0.0730. The maximum atomic E-state index is 14.5. The van der Waals surface area contributed by atoms with Crippen LogP contribution < -0.4 is 10.1 Å². The Hall–Kier alpha value is -3.54. The lowest BCUT2D eigenvalue weighted by atomic mass is 9.80. The number of aryl methyl sites for hydroxylation is 1. The molecule has 0 bridgehead atoms. The number of hydrogen-bond donors (Lipinski definition) is 1. The number of pyridine rings is 1. The largest absolute Gasteiger partial charge is 0.491 e. The molecule has 3 aromatic rings. The summed E-state index contributed by atoms with van der Waals surface area (Å²) >= 11 is 0. The minimum atomic E-state index is -1.04. The molecule has 0 radical (unpaired) electrons. The molecule has 1 aromatic heterocycles. The smallest absolute Gasteiger partial charge is 0.252 e. The van der Waals surface area contributed by atoms with Gasteiger partial charge in [0.15, 0.2) is 5.78 Å². The van der Waals surface area contributed by atoms with Crippen molar-refractivity contribution >= 4 is 11.7 Å². The number of carbonyl (C=O) groups is 2. The van der Waals surface area contributed by atoms with Gasteiger partial charge >= 0.3 is 0 Å². The summed E-state index contributed by atoms with van der Waals surface area (Å²) in [7, 11) is 0. The molecule has 6 heteroatoms. The molecule has 0 spiro atoms. The monoisotopic (exact) mass is 404 g/mol. The van der Waals surface area contributed by atoms with Crippen LogP contribution in [0.25, 0.3) is 0 Å². The average Bonchev–Trinajstić information content (AvgIpc) is 2.76. The van der Waals surface area contributed by atoms with Crippen molar-refractivity contribution in [1.29, 1.82) is 0 Å². The zero-order valence-electron chi connectivity index (χ0n) is 16.7. The highest BCUT2D eigenvalue weighted by molar-refractivity contribution is 5.98. The predicted octanol–water partition coefficient (Wildman–Crippen LogP) is 4.19. The summed E-state index contributed by atoms with van der Waals surface area (Å²) in [5.41, 5.74) is 1.54. The first kappa shape index (κ1) is 19.8. The van der Waals surface area contributed by atoms with Gasteiger partial charge in [-0.1, -0.05) is 24.3 Å². The van der Waals surface area contributed by atoms with Crippen LogP contribution in [-0.2, 0) is 5.54 Å². The van der Waals surface area contributed by atoms with E-state index in [1.807, 2.05) is 0 Å². The zero-order valence-corrected chi connectivity index (χ0v) is 16.7.